The highest BCUT2D eigenvalue weighted by Gasteiger charge is 2.16. The Labute approximate surface area is 100 Å². The van der Waals surface area contributed by atoms with Gasteiger partial charge < -0.3 is 14.9 Å². The van der Waals surface area contributed by atoms with E-state index in [4.69, 9.17) is 9.84 Å². The number of ether oxygens (including phenoxy) is 1. The number of carbonyl (C=O) groups excluding carboxylic acids is 1. The van der Waals surface area contributed by atoms with Crippen LogP contribution in [0, 0.1) is 0 Å². The number of nitrogens with one attached hydrogen (secondary N) is 1. The molecule has 0 aliphatic carbocycles. The summed E-state index contributed by atoms with van der Waals surface area (Å²) in [6.45, 7) is 5.06. The number of phenols is 1. The van der Waals surface area contributed by atoms with Crippen LogP contribution < -0.4 is 5.32 Å². The predicted molar refractivity (Wildman–Crippen MR) is 63.9 cm³/mol. The molecule has 1 rings (SSSR count). The van der Waals surface area contributed by atoms with Crippen LogP contribution in [0.4, 0.5) is 10.5 Å². The number of anilines is 1. The Morgan fingerprint density at radius 1 is 1.35 bits per heavy atom. The van der Waals surface area contributed by atoms with Gasteiger partial charge in [0.25, 0.3) is 0 Å². The van der Waals surface area contributed by atoms with E-state index in [-0.39, 0.29) is 12.4 Å². The summed E-state index contributed by atoms with van der Waals surface area (Å²) in [5.41, 5.74) is 0.306. The molecule has 0 aromatic heterocycles. The molecule has 0 unspecified atom stereocenters. The summed E-state index contributed by atoms with van der Waals surface area (Å²) in [5.74, 6) is -0.0254. The molecule has 0 heterocycles. The van der Waals surface area contributed by atoms with Gasteiger partial charge in [-0.3, -0.25) is 5.32 Å². The molecule has 5 heteroatoms. The van der Waals surface area contributed by atoms with Crippen LogP contribution >= 0.6 is 0 Å². The number of phenolic OH excluding ortho intramolecular Hbond substituents is 1. The van der Waals surface area contributed by atoms with Crippen molar-refractivity contribution in [2.45, 2.75) is 33.0 Å². The Morgan fingerprint density at radius 2 is 2.00 bits per heavy atom. The lowest BCUT2D eigenvalue weighted by Crippen LogP contribution is -2.27. The van der Waals surface area contributed by atoms with Gasteiger partial charge in [-0.25, -0.2) is 4.79 Å². The van der Waals surface area contributed by atoms with Crippen molar-refractivity contribution in [2.24, 2.45) is 0 Å². The fourth-order valence-electron chi connectivity index (χ4n) is 1.26. The molecule has 0 saturated carbocycles. The Bertz CT molecular complexity index is 409. The number of carbonyl (C=O) groups is 1. The molecule has 17 heavy (non-hydrogen) atoms. The van der Waals surface area contributed by atoms with E-state index < -0.39 is 11.7 Å². The van der Waals surface area contributed by atoms with E-state index in [1.54, 1.807) is 26.8 Å². The maximum atomic E-state index is 11.5. The summed E-state index contributed by atoms with van der Waals surface area (Å²) in [4.78, 5) is 11.5. The summed E-state index contributed by atoms with van der Waals surface area (Å²) >= 11 is 0. The first-order valence-electron chi connectivity index (χ1n) is 5.24. The van der Waals surface area contributed by atoms with Gasteiger partial charge in [0.15, 0.2) is 0 Å². The second kappa shape index (κ2) is 5.05. The van der Waals surface area contributed by atoms with E-state index in [0.29, 0.717) is 11.3 Å². The third-order valence-corrected chi connectivity index (χ3v) is 1.81. The van der Waals surface area contributed by atoms with Crippen LogP contribution in [0.15, 0.2) is 18.2 Å². The minimum Gasteiger partial charge on any atom is -0.508 e. The Hall–Kier alpha value is -1.75. The molecular formula is C12H17NO4. The van der Waals surface area contributed by atoms with Crippen molar-refractivity contribution in [1.82, 2.24) is 0 Å². The SMILES string of the molecule is CC(C)(C)OC(=O)Nc1cc(O)cc(CO)c1. The summed E-state index contributed by atoms with van der Waals surface area (Å²) in [6, 6.07) is 4.35. The minimum atomic E-state index is -0.605. The second-order valence-electron chi connectivity index (χ2n) is 4.67. The average molecular weight is 239 g/mol. The molecule has 94 valence electrons. The van der Waals surface area contributed by atoms with E-state index in [1.807, 2.05) is 0 Å². The number of amides is 1. The van der Waals surface area contributed by atoms with E-state index in [0.717, 1.165) is 0 Å². The van der Waals surface area contributed by atoms with Crippen LogP contribution in [-0.4, -0.2) is 21.9 Å². The summed E-state index contributed by atoms with van der Waals surface area (Å²) in [6.07, 6.45) is -0.605. The standard InChI is InChI=1S/C12H17NO4/c1-12(2,3)17-11(16)13-9-4-8(7-14)5-10(15)6-9/h4-6,14-15H,7H2,1-3H3,(H,13,16). The molecule has 1 aromatic rings. The molecule has 1 aromatic carbocycles. The van der Waals surface area contributed by atoms with Gasteiger partial charge in [0.2, 0.25) is 0 Å². The van der Waals surface area contributed by atoms with Crippen molar-refractivity contribution in [1.29, 1.82) is 0 Å². The van der Waals surface area contributed by atoms with Crippen molar-refractivity contribution < 1.29 is 19.7 Å². The quantitative estimate of drug-likeness (QED) is 0.739. The highest BCUT2D eigenvalue weighted by molar-refractivity contribution is 5.85. The number of hydrogen-bond acceptors (Lipinski definition) is 4. The van der Waals surface area contributed by atoms with Crippen molar-refractivity contribution in [3.63, 3.8) is 0 Å². The molecule has 1 amide bonds. The average Bonchev–Trinajstić information content (AvgIpc) is 2.13. The number of benzene rings is 1. The van der Waals surface area contributed by atoms with Gasteiger partial charge >= 0.3 is 6.09 Å². The lowest BCUT2D eigenvalue weighted by molar-refractivity contribution is 0.0636. The molecule has 0 bridgehead atoms. The van der Waals surface area contributed by atoms with Crippen molar-refractivity contribution in [3.8, 4) is 5.75 Å². The fraction of sp³-hybridized carbons (Fsp3) is 0.417. The van der Waals surface area contributed by atoms with E-state index in [1.165, 1.54) is 12.1 Å². The largest absolute Gasteiger partial charge is 0.508 e. The summed E-state index contributed by atoms with van der Waals surface area (Å²) < 4.78 is 5.06. The fourth-order valence-corrected chi connectivity index (χ4v) is 1.26. The molecule has 0 atom stereocenters. The van der Waals surface area contributed by atoms with E-state index >= 15 is 0 Å². The smallest absolute Gasteiger partial charge is 0.412 e. The Kier molecular flexibility index (Phi) is 3.96. The summed E-state index contributed by atoms with van der Waals surface area (Å²) in [7, 11) is 0. The summed E-state index contributed by atoms with van der Waals surface area (Å²) in [5, 5.41) is 20.8. The molecule has 0 spiro atoms. The maximum Gasteiger partial charge on any atom is 0.412 e. The van der Waals surface area contributed by atoms with Crippen LogP contribution in [0.1, 0.15) is 26.3 Å². The third-order valence-electron chi connectivity index (χ3n) is 1.81. The first-order valence-corrected chi connectivity index (χ1v) is 5.24. The Morgan fingerprint density at radius 3 is 2.53 bits per heavy atom. The number of rotatable bonds is 2. The van der Waals surface area contributed by atoms with E-state index in [2.05, 4.69) is 5.32 Å². The first-order chi connectivity index (χ1) is 7.80. The molecule has 3 N–H and O–H groups in total. The van der Waals surface area contributed by atoms with Gasteiger partial charge in [-0.1, -0.05) is 0 Å². The van der Waals surface area contributed by atoms with Crippen LogP contribution in [0.2, 0.25) is 0 Å². The zero-order valence-electron chi connectivity index (χ0n) is 10.2. The molecule has 5 nitrogen and oxygen atoms in total. The highest BCUT2D eigenvalue weighted by Crippen LogP contribution is 2.20. The normalized spacial score (nSPS) is 11.1. The third kappa shape index (κ3) is 4.74. The molecule has 0 aliphatic rings. The van der Waals surface area contributed by atoms with Crippen molar-refractivity contribution in [3.05, 3.63) is 23.8 Å². The van der Waals surface area contributed by atoms with Gasteiger partial charge in [-0.2, -0.15) is 0 Å². The number of aliphatic hydroxyl groups excluding tert-OH is 1. The maximum absolute atomic E-state index is 11.5. The Balaban J connectivity index is 2.74. The van der Waals surface area contributed by atoms with Crippen LogP contribution in [0.25, 0.3) is 0 Å². The minimum absolute atomic E-state index is 0.0254. The zero-order valence-corrected chi connectivity index (χ0v) is 10.2. The number of hydrogen-bond donors (Lipinski definition) is 3. The van der Waals surface area contributed by atoms with Gasteiger partial charge in [-0.15, -0.1) is 0 Å². The van der Waals surface area contributed by atoms with Crippen LogP contribution in [0.5, 0.6) is 5.75 Å². The van der Waals surface area contributed by atoms with E-state index in [9.17, 15) is 9.90 Å². The number of aliphatic hydroxyl groups is 1. The second-order valence-corrected chi connectivity index (χ2v) is 4.67. The van der Waals surface area contributed by atoms with Gasteiger partial charge in [-0.05, 0) is 38.5 Å². The van der Waals surface area contributed by atoms with Gasteiger partial charge in [0.1, 0.15) is 11.4 Å². The molecule has 0 radical (unpaired) electrons. The lowest BCUT2D eigenvalue weighted by Gasteiger charge is -2.19. The first kappa shape index (κ1) is 13.3. The van der Waals surface area contributed by atoms with Crippen LogP contribution in [-0.2, 0) is 11.3 Å². The predicted octanol–water partition coefficient (Wildman–Crippen LogP) is 2.23. The van der Waals surface area contributed by atoms with Gasteiger partial charge in [0, 0.05) is 11.8 Å². The molecule has 0 saturated heterocycles. The molecule has 0 aliphatic heterocycles. The molecular weight excluding hydrogens is 222 g/mol. The topological polar surface area (TPSA) is 78.8 Å². The lowest BCUT2D eigenvalue weighted by atomic mass is 10.2. The number of aromatic hydroxyl groups is 1. The van der Waals surface area contributed by atoms with Gasteiger partial charge in [0.05, 0.1) is 6.61 Å². The monoisotopic (exact) mass is 239 g/mol. The van der Waals surface area contributed by atoms with Crippen molar-refractivity contribution >= 4 is 11.8 Å². The van der Waals surface area contributed by atoms with Crippen LogP contribution in [0.3, 0.4) is 0 Å². The highest BCUT2D eigenvalue weighted by atomic mass is 16.6. The zero-order chi connectivity index (χ0) is 13.1. The van der Waals surface area contributed by atoms with Crippen molar-refractivity contribution in [2.75, 3.05) is 5.32 Å². The molecule has 0 fully saturated rings.